The highest BCUT2D eigenvalue weighted by molar-refractivity contribution is 5.50. The largest absolute Gasteiger partial charge is 0.454 e. The molecular weight excluding hydrogens is 230 g/mol. The van der Waals surface area contributed by atoms with Crippen LogP contribution < -0.4 is 14.8 Å². The van der Waals surface area contributed by atoms with E-state index in [0.29, 0.717) is 12.7 Å². The standard InChI is InChI=1S/C13H13N3O2/c1-2-12-13(18-8-17-12)3-10(1)16-7-15-6-11(16)9-4-14-5-9/h1-3,6-7,9,14H,4-5,8H2. The summed E-state index contributed by atoms with van der Waals surface area (Å²) < 4.78 is 12.9. The number of fused-ring (bicyclic) bond motifs is 1. The number of ether oxygens (including phenoxy) is 2. The van der Waals surface area contributed by atoms with Crippen molar-refractivity contribution < 1.29 is 9.47 Å². The van der Waals surface area contributed by atoms with Gasteiger partial charge < -0.3 is 19.4 Å². The fourth-order valence-electron chi connectivity index (χ4n) is 2.36. The lowest BCUT2D eigenvalue weighted by molar-refractivity contribution is 0.174. The summed E-state index contributed by atoms with van der Waals surface area (Å²) in [5.41, 5.74) is 2.31. The Labute approximate surface area is 104 Å². The zero-order valence-corrected chi connectivity index (χ0v) is 9.80. The molecule has 1 aromatic carbocycles. The van der Waals surface area contributed by atoms with Crippen LogP contribution in [0.5, 0.6) is 11.5 Å². The van der Waals surface area contributed by atoms with Crippen LogP contribution in [0, 0.1) is 0 Å². The van der Waals surface area contributed by atoms with Crippen molar-refractivity contribution in [2.24, 2.45) is 0 Å². The van der Waals surface area contributed by atoms with E-state index in [-0.39, 0.29) is 0 Å². The minimum atomic E-state index is 0.308. The van der Waals surface area contributed by atoms with E-state index in [9.17, 15) is 0 Å². The third-order valence-corrected chi connectivity index (χ3v) is 3.50. The average Bonchev–Trinajstić information content (AvgIpc) is 2.93. The second kappa shape index (κ2) is 3.74. The molecule has 0 saturated carbocycles. The first kappa shape index (κ1) is 9.96. The number of nitrogens with one attached hydrogen (secondary N) is 1. The molecule has 0 amide bonds. The maximum Gasteiger partial charge on any atom is 0.231 e. The molecular formula is C13H13N3O2. The summed E-state index contributed by atoms with van der Waals surface area (Å²) >= 11 is 0. The molecule has 18 heavy (non-hydrogen) atoms. The molecule has 0 bridgehead atoms. The van der Waals surface area contributed by atoms with Crippen LogP contribution in [-0.2, 0) is 0 Å². The smallest absolute Gasteiger partial charge is 0.231 e. The zero-order chi connectivity index (χ0) is 11.9. The predicted octanol–water partition coefficient (Wildman–Crippen LogP) is 1.29. The van der Waals surface area contributed by atoms with E-state index in [2.05, 4.69) is 14.9 Å². The summed E-state index contributed by atoms with van der Waals surface area (Å²) in [5, 5.41) is 3.28. The molecule has 2 aromatic rings. The SMILES string of the molecule is c1cc2c(cc1-n1cncc1C1CNC1)OCO2. The molecule has 0 atom stereocenters. The molecule has 1 N–H and O–H groups in total. The molecule has 0 unspecified atom stereocenters. The first-order chi connectivity index (χ1) is 8.92. The van der Waals surface area contributed by atoms with Crippen LogP contribution in [0.4, 0.5) is 0 Å². The lowest BCUT2D eigenvalue weighted by atomic mass is 10.00. The highest BCUT2D eigenvalue weighted by Gasteiger charge is 2.23. The monoisotopic (exact) mass is 243 g/mol. The van der Waals surface area contributed by atoms with Crippen molar-refractivity contribution in [1.29, 1.82) is 0 Å². The number of imidazole rings is 1. The third kappa shape index (κ3) is 1.41. The molecule has 92 valence electrons. The van der Waals surface area contributed by atoms with Crippen LogP contribution in [0.25, 0.3) is 5.69 Å². The van der Waals surface area contributed by atoms with E-state index in [1.807, 2.05) is 30.7 Å². The second-order valence-corrected chi connectivity index (χ2v) is 4.58. The number of aromatic nitrogens is 2. The molecule has 5 heteroatoms. The van der Waals surface area contributed by atoms with Crippen LogP contribution in [0.3, 0.4) is 0 Å². The minimum absolute atomic E-state index is 0.308. The minimum Gasteiger partial charge on any atom is -0.454 e. The summed E-state index contributed by atoms with van der Waals surface area (Å²) in [6, 6.07) is 5.98. The molecule has 2 aliphatic heterocycles. The topological polar surface area (TPSA) is 48.3 Å². The lowest BCUT2D eigenvalue weighted by Crippen LogP contribution is -2.40. The van der Waals surface area contributed by atoms with Crippen molar-refractivity contribution >= 4 is 0 Å². The van der Waals surface area contributed by atoms with Crippen LogP contribution in [0.1, 0.15) is 11.6 Å². The number of rotatable bonds is 2. The van der Waals surface area contributed by atoms with E-state index < -0.39 is 0 Å². The van der Waals surface area contributed by atoms with Gasteiger partial charge in [0, 0.05) is 37.0 Å². The zero-order valence-electron chi connectivity index (χ0n) is 9.80. The summed E-state index contributed by atoms with van der Waals surface area (Å²) in [5.74, 6) is 2.17. The highest BCUT2D eigenvalue weighted by Crippen LogP contribution is 2.34. The molecule has 1 aromatic heterocycles. The van der Waals surface area contributed by atoms with Crippen LogP contribution in [0.2, 0.25) is 0 Å². The van der Waals surface area contributed by atoms with Crippen molar-refractivity contribution in [1.82, 2.24) is 14.9 Å². The molecule has 2 aliphatic rings. The molecule has 1 fully saturated rings. The van der Waals surface area contributed by atoms with E-state index >= 15 is 0 Å². The molecule has 4 rings (SSSR count). The van der Waals surface area contributed by atoms with Gasteiger partial charge in [-0.2, -0.15) is 0 Å². The molecule has 3 heterocycles. The predicted molar refractivity (Wildman–Crippen MR) is 65.3 cm³/mol. The Bertz CT molecular complexity index is 590. The van der Waals surface area contributed by atoms with Crippen molar-refractivity contribution in [3.05, 3.63) is 36.4 Å². The Hall–Kier alpha value is -2.01. The fraction of sp³-hybridized carbons (Fsp3) is 0.308. The Kier molecular flexibility index (Phi) is 2.07. The van der Waals surface area contributed by atoms with Crippen molar-refractivity contribution in [3.8, 4) is 17.2 Å². The molecule has 0 radical (unpaired) electrons. The summed E-state index contributed by atoms with van der Waals surface area (Å²) in [6.07, 6.45) is 3.79. The van der Waals surface area contributed by atoms with Gasteiger partial charge in [-0.25, -0.2) is 4.98 Å². The van der Waals surface area contributed by atoms with Crippen LogP contribution >= 0.6 is 0 Å². The van der Waals surface area contributed by atoms with Gasteiger partial charge in [-0.15, -0.1) is 0 Å². The van der Waals surface area contributed by atoms with Crippen molar-refractivity contribution in [3.63, 3.8) is 0 Å². The van der Waals surface area contributed by atoms with E-state index in [1.165, 1.54) is 5.69 Å². The Morgan fingerprint density at radius 2 is 2.11 bits per heavy atom. The third-order valence-electron chi connectivity index (χ3n) is 3.50. The second-order valence-electron chi connectivity index (χ2n) is 4.58. The van der Waals surface area contributed by atoms with Gasteiger partial charge >= 0.3 is 0 Å². The Morgan fingerprint density at radius 3 is 2.94 bits per heavy atom. The van der Waals surface area contributed by atoms with Gasteiger partial charge in [0.15, 0.2) is 11.5 Å². The van der Waals surface area contributed by atoms with Gasteiger partial charge in [-0.05, 0) is 12.1 Å². The van der Waals surface area contributed by atoms with Gasteiger partial charge in [0.05, 0.1) is 12.0 Å². The Balaban J connectivity index is 1.76. The van der Waals surface area contributed by atoms with Gasteiger partial charge in [-0.3, -0.25) is 0 Å². The van der Waals surface area contributed by atoms with Gasteiger partial charge in [0.2, 0.25) is 6.79 Å². The molecule has 0 spiro atoms. The summed E-state index contributed by atoms with van der Waals surface area (Å²) in [7, 11) is 0. The maximum atomic E-state index is 5.41. The summed E-state index contributed by atoms with van der Waals surface area (Å²) in [6.45, 7) is 2.36. The van der Waals surface area contributed by atoms with Crippen LogP contribution in [0.15, 0.2) is 30.7 Å². The lowest BCUT2D eigenvalue weighted by Gasteiger charge is -2.27. The van der Waals surface area contributed by atoms with Gasteiger partial charge in [0.1, 0.15) is 0 Å². The highest BCUT2D eigenvalue weighted by atomic mass is 16.7. The van der Waals surface area contributed by atoms with E-state index in [0.717, 1.165) is 30.3 Å². The Morgan fingerprint density at radius 1 is 1.22 bits per heavy atom. The first-order valence-corrected chi connectivity index (χ1v) is 6.05. The van der Waals surface area contributed by atoms with E-state index in [4.69, 9.17) is 9.47 Å². The van der Waals surface area contributed by atoms with Crippen molar-refractivity contribution in [2.75, 3.05) is 19.9 Å². The first-order valence-electron chi connectivity index (χ1n) is 6.05. The van der Waals surface area contributed by atoms with Gasteiger partial charge in [0.25, 0.3) is 0 Å². The molecule has 5 nitrogen and oxygen atoms in total. The fourth-order valence-corrected chi connectivity index (χ4v) is 2.36. The van der Waals surface area contributed by atoms with Crippen LogP contribution in [-0.4, -0.2) is 29.4 Å². The number of benzene rings is 1. The average molecular weight is 243 g/mol. The van der Waals surface area contributed by atoms with Gasteiger partial charge in [-0.1, -0.05) is 0 Å². The normalized spacial score (nSPS) is 17.8. The quantitative estimate of drug-likeness (QED) is 0.863. The van der Waals surface area contributed by atoms with Crippen molar-refractivity contribution in [2.45, 2.75) is 5.92 Å². The number of hydrogen-bond acceptors (Lipinski definition) is 4. The molecule has 1 saturated heterocycles. The molecule has 0 aliphatic carbocycles. The number of hydrogen-bond donors (Lipinski definition) is 1. The summed E-state index contributed by atoms with van der Waals surface area (Å²) in [4.78, 5) is 4.26. The number of nitrogens with zero attached hydrogens (tertiary/aromatic N) is 2. The maximum absolute atomic E-state index is 5.41. The van der Waals surface area contributed by atoms with E-state index in [1.54, 1.807) is 0 Å².